The number of alkyl halides is 1. The lowest BCUT2D eigenvalue weighted by molar-refractivity contribution is -0.337. The van der Waals surface area contributed by atoms with Crippen molar-refractivity contribution in [3.8, 4) is 23.0 Å². The molecule has 3 aliphatic heterocycles. The minimum Gasteiger partial charge on any atom is -0.508 e. The number of halogens is 1. The van der Waals surface area contributed by atoms with E-state index in [9.17, 15) is 46.0 Å². The molecule has 2 saturated heterocycles. The average molecular weight is 615 g/mol. The van der Waals surface area contributed by atoms with Gasteiger partial charge in [0.15, 0.2) is 18.5 Å². The maximum Gasteiger partial charge on any atom is 0.320 e. The molecule has 3 aliphatic rings. The molecule has 0 bridgehead atoms. The van der Waals surface area contributed by atoms with Crippen LogP contribution in [-0.2, 0) is 18.9 Å². The Kier molecular flexibility index (Phi) is 8.48. The van der Waals surface area contributed by atoms with Crippen LogP contribution in [0.1, 0.15) is 24.2 Å². The zero-order valence-electron chi connectivity index (χ0n) is 22.0. The molecule has 11 unspecified atom stereocenters. The van der Waals surface area contributed by atoms with E-state index in [0.29, 0.717) is 5.56 Å². The predicted octanol–water partition coefficient (Wildman–Crippen LogP) is -0.487. The summed E-state index contributed by atoms with van der Waals surface area (Å²) >= 11 is 6.59. The highest BCUT2D eigenvalue weighted by Crippen LogP contribution is 2.47. The number of hydrogen-bond acceptors (Lipinski definition) is 14. The summed E-state index contributed by atoms with van der Waals surface area (Å²) < 4.78 is 28.4. The van der Waals surface area contributed by atoms with E-state index in [4.69, 9.17) is 35.3 Å². The summed E-state index contributed by atoms with van der Waals surface area (Å²) in [7, 11) is 0. The average Bonchev–Trinajstić information content (AvgIpc) is 2.95. The van der Waals surface area contributed by atoms with Gasteiger partial charge in [-0.1, -0.05) is 12.1 Å². The number of fused-ring (bicyclic) bond motifs is 1. The molecule has 2 aromatic carbocycles. The minimum absolute atomic E-state index is 0.0417. The molecular formula is C27H31ClO14. The predicted molar refractivity (Wildman–Crippen MR) is 140 cm³/mol. The number of phenols is 3. The summed E-state index contributed by atoms with van der Waals surface area (Å²) in [5, 5.41) is 89.7. The summed E-state index contributed by atoms with van der Waals surface area (Å²) in [6, 6.07) is 8.07. The number of aliphatic hydroxyl groups excluding tert-OH is 6. The topological polar surface area (TPSA) is 228 Å². The molecule has 0 aliphatic carbocycles. The van der Waals surface area contributed by atoms with Gasteiger partial charge in [-0.05, 0) is 36.7 Å². The van der Waals surface area contributed by atoms with E-state index in [1.165, 1.54) is 43.3 Å². The summed E-state index contributed by atoms with van der Waals surface area (Å²) in [4.78, 5) is 0. The quantitative estimate of drug-likeness (QED) is 0.187. The van der Waals surface area contributed by atoms with Crippen molar-refractivity contribution in [2.45, 2.75) is 73.4 Å². The summed E-state index contributed by atoms with van der Waals surface area (Å²) in [5.74, 6) is -0.764. The van der Waals surface area contributed by atoms with Gasteiger partial charge in [-0.3, -0.25) is 0 Å². The first-order valence-electron chi connectivity index (χ1n) is 12.9. The van der Waals surface area contributed by atoms with Crippen LogP contribution in [-0.4, -0.2) is 113 Å². The van der Waals surface area contributed by atoms with Crippen molar-refractivity contribution < 1.29 is 69.6 Å². The molecule has 2 fully saturated rings. The summed E-state index contributed by atoms with van der Waals surface area (Å²) in [6.45, 7) is 0.863. The largest absolute Gasteiger partial charge is 0.508 e. The van der Waals surface area contributed by atoms with E-state index in [1.54, 1.807) is 0 Å². The fourth-order valence-corrected chi connectivity index (χ4v) is 5.22. The monoisotopic (exact) mass is 614 g/mol. The number of benzene rings is 2. The first-order chi connectivity index (χ1) is 19.8. The maximum absolute atomic E-state index is 10.8. The van der Waals surface area contributed by atoms with Gasteiger partial charge in [0.1, 0.15) is 65.4 Å². The minimum atomic E-state index is -2.57. The van der Waals surface area contributed by atoms with Crippen LogP contribution in [0.4, 0.5) is 0 Å². The summed E-state index contributed by atoms with van der Waals surface area (Å²) in [6.07, 6.45) is -14.0. The Morgan fingerprint density at radius 2 is 1.55 bits per heavy atom. The van der Waals surface area contributed by atoms with Gasteiger partial charge in [0.25, 0.3) is 0 Å². The zero-order valence-corrected chi connectivity index (χ0v) is 22.7. The van der Waals surface area contributed by atoms with Crippen LogP contribution in [0.3, 0.4) is 0 Å². The highest BCUT2D eigenvalue weighted by molar-refractivity contribution is 6.22. The fourth-order valence-electron chi connectivity index (χ4n) is 4.88. The molecule has 0 spiro atoms. The second-order valence-corrected chi connectivity index (χ2v) is 10.8. The van der Waals surface area contributed by atoms with Crippen molar-refractivity contribution in [2.75, 3.05) is 6.61 Å². The molecule has 42 heavy (non-hydrogen) atoms. The molecule has 0 amide bonds. The molecule has 0 saturated carbocycles. The Morgan fingerprint density at radius 1 is 0.857 bits per heavy atom. The van der Waals surface area contributed by atoms with E-state index in [2.05, 4.69) is 0 Å². The van der Waals surface area contributed by atoms with Gasteiger partial charge in [0, 0.05) is 17.7 Å². The molecule has 0 aromatic heterocycles. The number of rotatable bonds is 6. The SMILES string of the molecule is CC1OC(OCC2OC(Cl)(OC3=Cc4c(O)cc(O)cc4OC3c3ccc(O)cc3)C(O)C(O)C2O)C(O)C(O)C1O. The van der Waals surface area contributed by atoms with Crippen molar-refractivity contribution in [1.29, 1.82) is 0 Å². The third-order valence-electron chi connectivity index (χ3n) is 7.30. The van der Waals surface area contributed by atoms with Gasteiger partial charge >= 0.3 is 5.25 Å². The lowest BCUT2D eigenvalue weighted by Gasteiger charge is -2.46. The summed E-state index contributed by atoms with van der Waals surface area (Å²) in [5.41, 5.74) is 0.499. The second-order valence-electron chi connectivity index (χ2n) is 10.3. The Morgan fingerprint density at radius 3 is 2.24 bits per heavy atom. The molecule has 5 rings (SSSR count). The van der Waals surface area contributed by atoms with Crippen LogP contribution < -0.4 is 4.74 Å². The van der Waals surface area contributed by atoms with Crippen LogP contribution in [0, 0.1) is 0 Å². The zero-order chi connectivity index (χ0) is 30.5. The van der Waals surface area contributed by atoms with Crippen LogP contribution in [0.25, 0.3) is 6.08 Å². The van der Waals surface area contributed by atoms with E-state index in [1.807, 2.05) is 0 Å². The molecule has 0 radical (unpaired) electrons. The lowest BCUT2D eigenvalue weighted by atomic mass is 9.98. The van der Waals surface area contributed by atoms with Gasteiger partial charge < -0.3 is 69.6 Å². The van der Waals surface area contributed by atoms with Crippen LogP contribution in [0.15, 0.2) is 42.2 Å². The Bertz CT molecular complexity index is 1310. The number of aliphatic hydroxyl groups is 6. The number of phenolic OH excluding ortho intramolecular Hbond substituents is 3. The second kappa shape index (κ2) is 11.7. The van der Waals surface area contributed by atoms with Crippen LogP contribution >= 0.6 is 11.6 Å². The van der Waals surface area contributed by atoms with E-state index < -0.39 is 73.1 Å². The van der Waals surface area contributed by atoms with Crippen molar-refractivity contribution in [1.82, 2.24) is 0 Å². The van der Waals surface area contributed by atoms with Gasteiger partial charge in [-0.2, -0.15) is 0 Å². The standard InChI is InChI=1S/C27H31ClO14/c1-10-19(32)21(34)23(36)26(39-10)38-9-18-20(33)22(35)25(37)27(28,42-18)41-17-8-14-15(31)6-13(30)7-16(14)40-24(17)11-2-4-12(29)5-3-11/h2-8,10,18-26,29-37H,9H2,1H3. The van der Waals surface area contributed by atoms with Crippen molar-refractivity contribution in [3.05, 3.63) is 53.3 Å². The number of ether oxygens (including phenoxy) is 5. The third-order valence-corrected chi connectivity index (χ3v) is 7.69. The van der Waals surface area contributed by atoms with Gasteiger partial charge in [0.05, 0.1) is 18.3 Å². The molecule has 11 atom stereocenters. The lowest BCUT2D eigenvalue weighted by Crippen LogP contribution is -2.64. The Hall–Kier alpha value is -2.89. The Balaban J connectivity index is 1.42. The molecule has 15 heteroatoms. The van der Waals surface area contributed by atoms with E-state index in [-0.39, 0.29) is 34.3 Å². The van der Waals surface area contributed by atoms with Crippen molar-refractivity contribution >= 4 is 17.7 Å². The number of hydrogen-bond donors (Lipinski definition) is 9. The van der Waals surface area contributed by atoms with Crippen molar-refractivity contribution in [2.24, 2.45) is 0 Å². The molecular weight excluding hydrogens is 584 g/mol. The van der Waals surface area contributed by atoms with Gasteiger partial charge in [0.2, 0.25) is 0 Å². The molecule has 9 N–H and O–H groups in total. The van der Waals surface area contributed by atoms with Gasteiger partial charge in [-0.15, -0.1) is 0 Å². The first kappa shape index (κ1) is 30.6. The van der Waals surface area contributed by atoms with Gasteiger partial charge in [-0.25, -0.2) is 0 Å². The molecule has 14 nitrogen and oxygen atoms in total. The maximum atomic E-state index is 10.8. The van der Waals surface area contributed by atoms with E-state index >= 15 is 0 Å². The van der Waals surface area contributed by atoms with Crippen molar-refractivity contribution in [3.63, 3.8) is 0 Å². The highest BCUT2D eigenvalue weighted by atomic mass is 35.5. The normalized spacial score (nSPS) is 38.2. The third kappa shape index (κ3) is 5.70. The van der Waals surface area contributed by atoms with E-state index in [0.717, 1.165) is 6.07 Å². The number of aromatic hydroxyl groups is 3. The first-order valence-corrected chi connectivity index (χ1v) is 13.3. The highest BCUT2D eigenvalue weighted by Gasteiger charge is 2.56. The molecule has 3 heterocycles. The fraction of sp³-hybridized carbons (Fsp3) is 0.481. The molecule has 230 valence electrons. The van der Waals surface area contributed by atoms with Crippen LogP contribution in [0.2, 0.25) is 0 Å². The smallest absolute Gasteiger partial charge is 0.320 e. The molecule has 2 aromatic rings. The van der Waals surface area contributed by atoms with Crippen LogP contribution in [0.5, 0.6) is 23.0 Å². The Labute approximate surface area is 243 Å².